The molecule has 8 heteroatoms. The highest BCUT2D eigenvalue weighted by Gasteiger charge is 2.17. The SMILES string of the molecule is CCCC(=N)c1c(Oc2ccc(C(=O)N(C)c3ncc(C)s3)cc2)ccnc1N. The normalized spacial score (nSPS) is 10.6. The average Bonchev–Trinajstić information content (AvgIpc) is 3.14. The van der Waals surface area contributed by atoms with Gasteiger partial charge in [0.05, 0.1) is 5.56 Å². The van der Waals surface area contributed by atoms with E-state index in [1.807, 2.05) is 13.8 Å². The van der Waals surface area contributed by atoms with E-state index in [0.29, 0.717) is 39.9 Å². The summed E-state index contributed by atoms with van der Waals surface area (Å²) in [4.78, 5) is 23.6. The Kier molecular flexibility index (Phi) is 6.23. The maximum atomic E-state index is 12.7. The Bertz CT molecular complexity index is 1030. The standard InChI is InChI=1S/C21H23N5O2S/c1-4-5-16(22)18-17(10-11-24-19(18)23)28-15-8-6-14(7-9-15)20(27)26(3)21-25-12-13(2)29-21/h6-12,22H,4-5H2,1-3H3,(H2,23,24). The van der Waals surface area contributed by atoms with Gasteiger partial charge >= 0.3 is 0 Å². The Labute approximate surface area is 173 Å². The quantitative estimate of drug-likeness (QED) is 0.552. The van der Waals surface area contributed by atoms with E-state index < -0.39 is 0 Å². The summed E-state index contributed by atoms with van der Waals surface area (Å²) >= 11 is 1.46. The number of carbonyl (C=O) groups is 1. The number of aryl methyl sites for hydroxylation is 1. The van der Waals surface area contributed by atoms with Gasteiger partial charge in [0, 0.05) is 35.6 Å². The summed E-state index contributed by atoms with van der Waals surface area (Å²) in [6, 6.07) is 8.54. The number of thiazole rings is 1. The molecule has 0 atom stereocenters. The maximum absolute atomic E-state index is 12.7. The molecule has 1 amide bonds. The third kappa shape index (κ3) is 4.60. The molecule has 29 heavy (non-hydrogen) atoms. The van der Waals surface area contributed by atoms with Crippen molar-refractivity contribution in [2.45, 2.75) is 26.7 Å². The molecule has 0 aliphatic carbocycles. The van der Waals surface area contributed by atoms with E-state index in [9.17, 15) is 4.79 Å². The number of rotatable bonds is 7. The van der Waals surface area contributed by atoms with Crippen LogP contribution in [0.1, 0.15) is 40.6 Å². The summed E-state index contributed by atoms with van der Waals surface area (Å²) in [6.45, 7) is 3.95. The summed E-state index contributed by atoms with van der Waals surface area (Å²) in [5, 5.41) is 8.90. The van der Waals surface area contributed by atoms with Crippen LogP contribution in [-0.4, -0.2) is 28.6 Å². The minimum Gasteiger partial charge on any atom is -0.456 e. The summed E-state index contributed by atoms with van der Waals surface area (Å²) in [5.41, 5.74) is 7.40. The Morgan fingerprint density at radius 1 is 1.24 bits per heavy atom. The van der Waals surface area contributed by atoms with Crippen molar-refractivity contribution in [1.29, 1.82) is 5.41 Å². The number of amides is 1. The van der Waals surface area contributed by atoms with Crippen LogP contribution >= 0.6 is 11.3 Å². The fourth-order valence-corrected chi connectivity index (χ4v) is 3.51. The molecule has 2 heterocycles. The lowest BCUT2D eigenvalue weighted by Crippen LogP contribution is -2.25. The van der Waals surface area contributed by atoms with Gasteiger partial charge in [-0.25, -0.2) is 9.97 Å². The van der Waals surface area contributed by atoms with E-state index in [4.69, 9.17) is 15.9 Å². The first kappa shape index (κ1) is 20.5. The summed E-state index contributed by atoms with van der Waals surface area (Å²) in [5.74, 6) is 1.15. The van der Waals surface area contributed by atoms with Crippen LogP contribution in [0.3, 0.4) is 0 Å². The van der Waals surface area contributed by atoms with Crippen LogP contribution in [0.15, 0.2) is 42.7 Å². The number of hydrogen-bond donors (Lipinski definition) is 2. The van der Waals surface area contributed by atoms with Crippen molar-refractivity contribution in [1.82, 2.24) is 9.97 Å². The van der Waals surface area contributed by atoms with Crippen LogP contribution in [-0.2, 0) is 0 Å². The molecule has 0 unspecified atom stereocenters. The topological polar surface area (TPSA) is 105 Å². The average molecular weight is 410 g/mol. The molecule has 0 fully saturated rings. The lowest BCUT2D eigenvalue weighted by atomic mass is 10.1. The second kappa shape index (κ2) is 8.83. The molecule has 0 spiro atoms. The highest BCUT2D eigenvalue weighted by molar-refractivity contribution is 7.15. The second-order valence-electron chi connectivity index (χ2n) is 6.54. The Morgan fingerprint density at radius 2 is 1.97 bits per heavy atom. The van der Waals surface area contributed by atoms with Gasteiger partial charge in [0.15, 0.2) is 5.13 Å². The first-order valence-corrected chi connectivity index (χ1v) is 10.0. The molecular weight excluding hydrogens is 386 g/mol. The zero-order chi connectivity index (χ0) is 21.0. The third-order valence-corrected chi connectivity index (χ3v) is 5.26. The Morgan fingerprint density at radius 3 is 2.59 bits per heavy atom. The first-order chi connectivity index (χ1) is 13.9. The van der Waals surface area contributed by atoms with Crippen molar-refractivity contribution in [3.8, 4) is 11.5 Å². The van der Waals surface area contributed by atoms with Crippen LogP contribution in [0.25, 0.3) is 0 Å². The van der Waals surface area contributed by atoms with Gasteiger partial charge in [0.2, 0.25) is 0 Å². The lowest BCUT2D eigenvalue weighted by Gasteiger charge is -2.15. The zero-order valence-corrected chi connectivity index (χ0v) is 17.4. The molecule has 150 valence electrons. The number of carbonyl (C=O) groups excluding carboxylic acids is 1. The van der Waals surface area contributed by atoms with E-state index in [1.165, 1.54) is 16.2 Å². The molecular formula is C21H23N5O2S. The molecule has 7 nitrogen and oxygen atoms in total. The predicted octanol–water partition coefficient (Wildman–Crippen LogP) is 4.67. The summed E-state index contributed by atoms with van der Waals surface area (Å²) in [6.07, 6.45) is 4.71. The number of anilines is 2. The molecule has 1 aromatic carbocycles. The number of nitrogen functional groups attached to an aromatic ring is 1. The minimum absolute atomic E-state index is 0.149. The van der Waals surface area contributed by atoms with E-state index in [1.54, 1.807) is 49.8 Å². The number of nitrogens with zero attached hydrogens (tertiary/aromatic N) is 3. The Balaban J connectivity index is 1.79. The number of pyridine rings is 1. The smallest absolute Gasteiger partial charge is 0.259 e. The molecule has 0 aliphatic heterocycles. The monoisotopic (exact) mass is 409 g/mol. The van der Waals surface area contributed by atoms with Crippen LogP contribution in [0.2, 0.25) is 0 Å². The molecule has 0 bridgehead atoms. The first-order valence-electron chi connectivity index (χ1n) is 9.21. The van der Waals surface area contributed by atoms with Crippen molar-refractivity contribution in [2.24, 2.45) is 0 Å². The number of benzene rings is 1. The van der Waals surface area contributed by atoms with E-state index in [2.05, 4.69) is 9.97 Å². The summed E-state index contributed by atoms with van der Waals surface area (Å²) in [7, 11) is 1.70. The van der Waals surface area contributed by atoms with Crippen LogP contribution in [0, 0.1) is 12.3 Å². The third-order valence-electron chi connectivity index (χ3n) is 4.27. The van der Waals surface area contributed by atoms with Crippen molar-refractivity contribution in [2.75, 3.05) is 17.7 Å². The number of nitrogens with one attached hydrogen (secondary N) is 1. The predicted molar refractivity (Wildman–Crippen MR) is 116 cm³/mol. The maximum Gasteiger partial charge on any atom is 0.259 e. The van der Waals surface area contributed by atoms with Crippen molar-refractivity contribution < 1.29 is 9.53 Å². The van der Waals surface area contributed by atoms with Gasteiger partial charge in [-0.3, -0.25) is 9.69 Å². The number of aromatic nitrogens is 2. The highest BCUT2D eigenvalue weighted by atomic mass is 32.1. The lowest BCUT2D eigenvalue weighted by molar-refractivity contribution is 0.0993. The number of nitrogens with two attached hydrogens (primary N) is 1. The summed E-state index contributed by atoms with van der Waals surface area (Å²) < 4.78 is 5.94. The van der Waals surface area contributed by atoms with Crippen LogP contribution in [0.5, 0.6) is 11.5 Å². The van der Waals surface area contributed by atoms with Gasteiger partial charge in [-0.05, 0) is 43.7 Å². The largest absolute Gasteiger partial charge is 0.456 e. The van der Waals surface area contributed by atoms with Gasteiger partial charge < -0.3 is 15.9 Å². The molecule has 3 aromatic rings. The fourth-order valence-electron chi connectivity index (χ4n) is 2.79. The van der Waals surface area contributed by atoms with Gasteiger partial charge in [-0.15, -0.1) is 11.3 Å². The molecule has 3 N–H and O–H groups in total. The van der Waals surface area contributed by atoms with Crippen molar-refractivity contribution >= 4 is 33.9 Å². The molecule has 0 saturated carbocycles. The molecule has 0 aliphatic rings. The molecule has 3 rings (SSSR count). The van der Waals surface area contributed by atoms with Gasteiger partial charge in [-0.2, -0.15) is 0 Å². The van der Waals surface area contributed by atoms with Crippen LogP contribution in [0.4, 0.5) is 10.9 Å². The zero-order valence-electron chi connectivity index (χ0n) is 16.6. The van der Waals surface area contributed by atoms with E-state index in [-0.39, 0.29) is 11.7 Å². The molecule has 2 aromatic heterocycles. The van der Waals surface area contributed by atoms with Gasteiger partial charge in [-0.1, -0.05) is 13.3 Å². The van der Waals surface area contributed by atoms with Gasteiger partial charge in [0.1, 0.15) is 17.3 Å². The van der Waals surface area contributed by atoms with E-state index >= 15 is 0 Å². The van der Waals surface area contributed by atoms with Crippen molar-refractivity contribution in [3.05, 3.63) is 58.7 Å². The minimum atomic E-state index is -0.149. The number of hydrogen-bond acceptors (Lipinski definition) is 7. The fraction of sp³-hybridized carbons (Fsp3) is 0.238. The van der Waals surface area contributed by atoms with Crippen molar-refractivity contribution in [3.63, 3.8) is 0 Å². The van der Waals surface area contributed by atoms with Gasteiger partial charge in [0.25, 0.3) is 5.91 Å². The molecule has 0 radical (unpaired) electrons. The Hall–Kier alpha value is -3.26. The highest BCUT2D eigenvalue weighted by Crippen LogP contribution is 2.30. The molecule has 0 saturated heterocycles. The second-order valence-corrected chi connectivity index (χ2v) is 7.76. The van der Waals surface area contributed by atoms with E-state index in [0.717, 1.165) is 11.3 Å². The number of ether oxygens (including phenoxy) is 1. The van der Waals surface area contributed by atoms with Crippen LogP contribution < -0.4 is 15.4 Å².